The summed E-state index contributed by atoms with van der Waals surface area (Å²) in [6.45, 7) is -3.99. The maximum Gasteiger partial charge on any atom is 0.478 e. The van der Waals surface area contributed by atoms with Crippen LogP contribution in [0, 0.1) is 0 Å². The largest absolute Gasteiger partial charge is 0.756 e. The van der Waals surface area contributed by atoms with Gasteiger partial charge in [0.1, 0.15) is 79.0 Å². The van der Waals surface area contributed by atoms with Gasteiger partial charge in [-0.15, -0.1) is 0 Å². The number of nitrogens with zero attached hydrogens (tertiary/aromatic N) is 13. The number of fused-ring (bicyclic) bond motifs is 4. The second-order valence-electron chi connectivity index (χ2n) is 22.3. The number of aromatic amines is 3. The van der Waals surface area contributed by atoms with E-state index < -0.39 is 186 Å². The van der Waals surface area contributed by atoms with Crippen molar-refractivity contribution < 1.29 is 137 Å². The highest BCUT2D eigenvalue weighted by molar-refractivity contribution is 7.66. The van der Waals surface area contributed by atoms with Crippen LogP contribution in [0.3, 0.4) is 0 Å². The van der Waals surface area contributed by atoms with Crippen LogP contribution in [0.15, 0.2) is 46.0 Å². The maximum atomic E-state index is 14.3. The van der Waals surface area contributed by atoms with Crippen molar-refractivity contribution in [2.45, 2.75) is 105 Å². The molecule has 540 valence electrons. The van der Waals surface area contributed by atoms with Gasteiger partial charge in [-0.1, -0.05) is 0 Å². The molecule has 56 heteroatoms. The zero-order valence-electron chi connectivity index (χ0n) is 50.2. The number of rotatable bonds is 25. The Morgan fingerprint density at radius 3 is 1.59 bits per heavy atom. The van der Waals surface area contributed by atoms with E-state index in [-0.39, 0.29) is 62.4 Å². The van der Waals surface area contributed by atoms with Gasteiger partial charge in [0.25, 0.3) is 30.1 Å². The van der Waals surface area contributed by atoms with Crippen molar-refractivity contribution in [3.05, 3.63) is 62.7 Å². The van der Waals surface area contributed by atoms with E-state index in [4.69, 9.17) is 73.8 Å². The molecule has 0 aromatic carbocycles. The fourth-order valence-electron chi connectivity index (χ4n) is 11.2. The van der Waals surface area contributed by atoms with Crippen LogP contribution in [-0.4, -0.2) is 224 Å². The fraction of sp³-hybridized carbons (Fsp3) is 0.535. The van der Waals surface area contributed by atoms with E-state index >= 15 is 0 Å². The summed E-state index contributed by atoms with van der Waals surface area (Å²) >= 11 is 0. The molecule has 0 saturated carbocycles. The summed E-state index contributed by atoms with van der Waals surface area (Å²) in [6, 6.07) is 0. The quantitative estimate of drug-likeness (QED) is 0.0187. The Morgan fingerprint density at radius 2 is 1.02 bits per heavy atom. The van der Waals surface area contributed by atoms with Gasteiger partial charge in [0.2, 0.25) is 30.4 Å². The molecule has 4 fully saturated rings. The molecule has 8 aromatic rings. The molecule has 20 N–H and O–H groups in total. The lowest BCUT2D eigenvalue weighted by atomic mass is 9.96. The molecule has 21 atom stereocenters. The van der Waals surface area contributed by atoms with E-state index in [0.717, 1.165) is 57.6 Å². The third kappa shape index (κ3) is 14.1. The van der Waals surface area contributed by atoms with Crippen LogP contribution in [0.25, 0.3) is 44.7 Å². The number of ether oxygens (including phenoxy) is 5. The summed E-state index contributed by atoms with van der Waals surface area (Å²) < 4.78 is 142. The number of nitrogens with one attached hydrogen (secondary N) is 3. The lowest BCUT2D eigenvalue weighted by Gasteiger charge is -2.28. The van der Waals surface area contributed by atoms with E-state index in [1.54, 1.807) is 0 Å². The second-order valence-corrected chi connectivity index (χ2v) is 29.7. The van der Waals surface area contributed by atoms with Crippen molar-refractivity contribution in [3.8, 4) is 0 Å². The molecule has 4 aliphatic heterocycles. The average Bonchev–Trinajstić information content (AvgIpc) is 1.60. The monoisotopic (exact) mass is 1500 g/mol. The first kappa shape index (κ1) is 71.8. The van der Waals surface area contributed by atoms with Crippen LogP contribution >= 0.6 is 39.1 Å². The fourth-order valence-corrected chi connectivity index (χ4v) is 16.6. The van der Waals surface area contributed by atoms with Gasteiger partial charge < -0.3 is 96.6 Å². The molecular weight excluding hydrogens is 1450 g/mol. The van der Waals surface area contributed by atoms with Crippen molar-refractivity contribution in [2.24, 2.45) is 7.05 Å². The van der Waals surface area contributed by atoms with E-state index in [0.29, 0.717) is 0 Å². The van der Waals surface area contributed by atoms with Gasteiger partial charge in [-0.05, 0) is 6.92 Å². The van der Waals surface area contributed by atoms with Gasteiger partial charge in [0.05, 0.1) is 52.5 Å². The van der Waals surface area contributed by atoms with Gasteiger partial charge in [-0.25, -0.2) is 56.4 Å². The Kier molecular flexibility index (Phi) is 19.2. The lowest BCUT2D eigenvalue weighted by molar-refractivity contribution is -0.646. The summed E-state index contributed by atoms with van der Waals surface area (Å²) in [4.78, 5) is 134. The van der Waals surface area contributed by atoms with Crippen LogP contribution < -0.4 is 49.1 Å². The van der Waals surface area contributed by atoms with Gasteiger partial charge in [-0.3, -0.25) is 74.7 Å². The first-order valence-corrected chi connectivity index (χ1v) is 35.5. The topological polar surface area (TPSA) is 740 Å². The minimum absolute atomic E-state index is 0.0410. The van der Waals surface area contributed by atoms with Gasteiger partial charge in [-0.2, -0.15) is 19.5 Å². The molecule has 51 nitrogen and oxygen atoms in total. The van der Waals surface area contributed by atoms with Crippen LogP contribution in [0.1, 0.15) is 31.8 Å². The molecule has 21 unspecified atom stereocenters. The van der Waals surface area contributed by atoms with Gasteiger partial charge in [0, 0.05) is 7.11 Å². The zero-order chi connectivity index (χ0) is 71.5. The van der Waals surface area contributed by atoms with Crippen LogP contribution in [0.5, 0.6) is 0 Å². The number of nitrogen functional groups attached to an aromatic ring is 4. The summed E-state index contributed by atoms with van der Waals surface area (Å²) in [7, 11) is -27.8. The normalized spacial score (nSPS) is 31.3. The SMILES string of the molecule is COC1C(OP(=O)(O)OCC2OC(n3cnc4c(=O)[nH]c(N)nc43)C(O)C2OP(=O)(O)OCC2OC(n3cnc4c(=O)[nH]c(N)nc43)C(O)C2O)C(COP(=O)(O)OP(=O)([O-])OP(=O)(O)OCC2OC(n3c[n+](C)c4c(=O)[nH]c(N)nc43)C(C)(O)C2O)OC1n1cnc2c(N)ncnc21. The molecule has 0 bridgehead atoms. The number of anilines is 4. The van der Waals surface area contributed by atoms with Crippen LogP contribution in [-0.2, 0) is 89.3 Å². The third-order valence-corrected chi connectivity index (χ3v) is 21.8. The number of phosphoric acid groups is 5. The second kappa shape index (κ2) is 26.4. The minimum atomic E-state index is -6.59. The van der Waals surface area contributed by atoms with Crippen LogP contribution in [0.4, 0.5) is 23.7 Å². The molecule has 12 rings (SSSR count). The van der Waals surface area contributed by atoms with Crippen molar-refractivity contribution in [1.82, 2.24) is 73.1 Å². The third-order valence-electron chi connectivity index (χ3n) is 15.6. The molecule has 0 aliphatic carbocycles. The molecular formula is C43H57N20O31P5. The van der Waals surface area contributed by atoms with Crippen molar-refractivity contribution in [3.63, 3.8) is 0 Å². The number of H-pyrrole nitrogens is 3. The highest BCUT2D eigenvalue weighted by Gasteiger charge is 2.58. The number of nitrogens with two attached hydrogens (primary N) is 4. The predicted octanol–water partition coefficient (Wildman–Crippen LogP) is -6.48. The smallest absolute Gasteiger partial charge is 0.478 e. The van der Waals surface area contributed by atoms with E-state index in [9.17, 15) is 87.2 Å². The summed E-state index contributed by atoms with van der Waals surface area (Å²) in [6.07, 6.45) is -22.9. The lowest BCUT2D eigenvalue weighted by Crippen LogP contribution is -2.44. The molecule has 0 amide bonds. The van der Waals surface area contributed by atoms with Crippen molar-refractivity contribution in [2.75, 3.05) is 56.5 Å². The molecule has 4 saturated heterocycles. The first-order chi connectivity index (χ1) is 46.4. The summed E-state index contributed by atoms with van der Waals surface area (Å²) in [5.74, 6) is -1.33. The molecule has 8 aromatic heterocycles. The highest BCUT2D eigenvalue weighted by atomic mass is 31.3. The number of imidazole rings is 4. The number of aromatic nitrogens is 16. The number of phosphoric ester groups is 4. The van der Waals surface area contributed by atoms with E-state index in [2.05, 4.69) is 63.4 Å². The van der Waals surface area contributed by atoms with E-state index in [1.807, 2.05) is 0 Å². The number of aryl methyl sites for hydroxylation is 1. The summed E-state index contributed by atoms with van der Waals surface area (Å²) in [5.41, 5.74) is 17.0. The molecule has 99 heavy (non-hydrogen) atoms. The summed E-state index contributed by atoms with van der Waals surface area (Å²) in [5, 5.41) is 56.1. The van der Waals surface area contributed by atoms with Crippen molar-refractivity contribution >= 4 is 107 Å². The van der Waals surface area contributed by atoms with Crippen LogP contribution in [0.2, 0.25) is 0 Å². The number of methoxy groups -OCH3 is 1. The average molecular weight is 1500 g/mol. The Morgan fingerprint density at radius 1 is 0.566 bits per heavy atom. The van der Waals surface area contributed by atoms with Gasteiger partial charge >= 0.3 is 36.9 Å². The van der Waals surface area contributed by atoms with Crippen molar-refractivity contribution in [1.29, 1.82) is 0 Å². The Balaban J connectivity index is 0.742. The van der Waals surface area contributed by atoms with E-state index in [1.165, 1.54) is 17.9 Å². The predicted molar refractivity (Wildman–Crippen MR) is 315 cm³/mol. The molecule has 0 radical (unpaired) electrons. The number of hydrogen-bond donors (Lipinski definition) is 16. The molecule has 12 heterocycles. The molecule has 4 aliphatic rings. The standard InChI is InChI=1S/C43H57N20O31P5/c1-43(71)27(67)16(90-39(43)63-12-59(2)20-32(63)55-42(47)58-35(20)70)7-86-98(78,79)94-99(80,81)93-97(76,77)85-6-15-25(26(82-3)38(89-15)60-9-50-17-28(44)48-8-49-29(17)60)92-96(74,75)84-5-14-24(23(66)37(88-14)62-11-52-19-31(62)54-41(46)57-34(19)69)91-95(72,73)83-4-13-21(64)22(65)36(87-13)61-10-51-18-30(61)53-40(45)56-33(18)68/h8-16,21-27,36-39,64-67,71H,4-7H2,1-3H3,(H15-,44,45,46,47,48,49,53,54,55,56,57,58,68,69,70,72,73,74,75,76,77,78,79,80,81). The first-order valence-electron chi connectivity index (χ1n) is 28.1. The van der Waals surface area contributed by atoms with Gasteiger partial charge in [0.15, 0.2) is 58.1 Å². The number of aliphatic hydroxyl groups is 5. The Hall–Kier alpha value is -6.97. The zero-order valence-corrected chi connectivity index (χ0v) is 54.7. The Bertz CT molecular complexity index is 4880. The highest BCUT2D eigenvalue weighted by Crippen LogP contribution is 2.66. The molecule has 0 spiro atoms. The number of aliphatic hydroxyl groups excluding tert-OH is 4. The maximum absolute atomic E-state index is 14.3. The Labute approximate surface area is 546 Å². The minimum Gasteiger partial charge on any atom is -0.756 e. The number of hydrogen-bond acceptors (Lipinski definition) is 39.